The second-order valence-electron chi connectivity index (χ2n) is 4.47. The number of carboxylic acid groups (broad SMARTS) is 1. The summed E-state index contributed by atoms with van der Waals surface area (Å²) in [6.07, 6.45) is 3.20. The molecule has 3 N–H and O–H groups in total. The number of carbonyl (C=O) groups is 1. The molecule has 3 nitrogen and oxygen atoms in total. The molecule has 0 aromatic heterocycles. The van der Waals surface area contributed by atoms with Gasteiger partial charge in [-0.1, -0.05) is 27.2 Å². The van der Waals surface area contributed by atoms with E-state index in [1.54, 1.807) is 0 Å². The molecule has 0 heterocycles. The molecule has 14 heavy (non-hydrogen) atoms. The van der Waals surface area contributed by atoms with Crippen LogP contribution in [0.5, 0.6) is 0 Å². The molecule has 0 aliphatic rings. The lowest BCUT2D eigenvalue weighted by atomic mass is 9.78. The van der Waals surface area contributed by atoms with E-state index in [-0.39, 0.29) is 6.54 Å². The van der Waals surface area contributed by atoms with Crippen LogP contribution in [0.15, 0.2) is 0 Å². The van der Waals surface area contributed by atoms with Gasteiger partial charge in [-0.05, 0) is 25.2 Å². The van der Waals surface area contributed by atoms with Crippen molar-refractivity contribution >= 4 is 5.97 Å². The standard InChI is InChI=1S/C11H23NO2/c1-4-6-11(8-12,10(13)14)7-5-9(2)3/h9H,4-8,12H2,1-3H3,(H,13,14). The van der Waals surface area contributed by atoms with Gasteiger partial charge < -0.3 is 10.8 Å². The molecular weight excluding hydrogens is 178 g/mol. The van der Waals surface area contributed by atoms with E-state index in [4.69, 9.17) is 5.73 Å². The highest BCUT2D eigenvalue weighted by atomic mass is 16.4. The van der Waals surface area contributed by atoms with Crippen molar-refractivity contribution in [2.45, 2.75) is 46.5 Å². The Hall–Kier alpha value is -0.570. The number of hydrogen-bond acceptors (Lipinski definition) is 2. The fourth-order valence-electron chi connectivity index (χ4n) is 1.67. The molecule has 0 bridgehead atoms. The van der Waals surface area contributed by atoms with Crippen molar-refractivity contribution in [2.75, 3.05) is 6.54 Å². The maximum absolute atomic E-state index is 11.2. The lowest BCUT2D eigenvalue weighted by Gasteiger charge is -2.28. The summed E-state index contributed by atoms with van der Waals surface area (Å²) < 4.78 is 0. The first-order chi connectivity index (χ1) is 6.48. The van der Waals surface area contributed by atoms with E-state index in [2.05, 4.69) is 13.8 Å². The quantitative estimate of drug-likeness (QED) is 0.664. The largest absolute Gasteiger partial charge is 0.481 e. The Balaban J connectivity index is 4.41. The van der Waals surface area contributed by atoms with E-state index in [0.29, 0.717) is 18.8 Å². The van der Waals surface area contributed by atoms with Gasteiger partial charge in [0.15, 0.2) is 0 Å². The molecule has 0 aromatic carbocycles. The van der Waals surface area contributed by atoms with E-state index in [0.717, 1.165) is 12.8 Å². The Morgan fingerprint density at radius 3 is 2.29 bits per heavy atom. The third-order valence-corrected chi connectivity index (χ3v) is 2.77. The van der Waals surface area contributed by atoms with Crippen LogP contribution in [0, 0.1) is 11.3 Å². The molecule has 0 rings (SSSR count). The molecule has 0 amide bonds. The summed E-state index contributed by atoms with van der Waals surface area (Å²) in [6.45, 7) is 6.47. The molecule has 0 fully saturated rings. The number of nitrogens with two attached hydrogens (primary N) is 1. The van der Waals surface area contributed by atoms with Crippen LogP contribution in [0.1, 0.15) is 46.5 Å². The van der Waals surface area contributed by atoms with Crippen LogP contribution in [-0.2, 0) is 4.79 Å². The second-order valence-corrected chi connectivity index (χ2v) is 4.47. The van der Waals surface area contributed by atoms with E-state index in [1.165, 1.54) is 0 Å². The summed E-state index contributed by atoms with van der Waals surface area (Å²) in [6, 6.07) is 0. The van der Waals surface area contributed by atoms with Crippen LogP contribution in [0.2, 0.25) is 0 Å². The third-order valence-electron chi connectivity index (χ3n) is 2.77. The monoisotopic (exact) mass is 201 g/mol. The first kappa shape index (κ1) is 13.4. The number of hydrogen-bond donors (Lipinski definition) is 2. The fraction of sp³-hybridized carbons (Fsp3) is 0.909. The van der Waals surface area contributed by atoms with Crippen molar-refractivity contribution in [3.8, 4) is 0 Å². The smallest absolute Gasteiger partial charge is 0.310 e. The van der Waals surface area contributed by atoms with Gasteiger partial charge in [-0.25, -0.2) is 0 Å². The highest BCUT2D eigenvalue weighted by Crippen LogP contribution is 2.30. The van der Waals surface area contributed by atoms with Gasteiger partial charge in [-0.3, -0.25) is 4.79 Å². The maximum atomic E-state index is 11.2. The van der Waals surface area contributed by atoms with Gasteiger partial charge in [0.2, 0.25) is 0 Å². The molecule has 84 valence electrons. The molecular formula is C11H23NO2. The van der Waals surface area contributed by atoms with Crippen molar-refractivity contribution in [1.82, 2.24) is 0 Å². The zero-order valence-corrected chi connectivity index (χ0v) is 9.55. The van der Waals surface area contributed by atoms with Crippen LogP contribution in [0.25, 0.3) is 0 Å². The van der Waals surface area contributed by atoms with E-state index >= 15 is 0 Å². The van der Waals surface area contributed by atoms with Crippen molar-refractivity contribution in [3.05, 3.63) is 0 Å². The zero-order chi connectivity index (χ0) is 11.2. The first-order valence-corrected chi connectivity index (χ1v) is 5.42. The van der Waals surface area contributed by atoms with Crippen molar-refractivity contribution < 1.29 is 9.90 Å². The van der Waals surface area contributed by atoms with Gasteiger partial charge in [0.25, 0.3) is 0 Å². The molecule has 0 aromatic rings. The average Bonchev–Trinajstić information content (AvgIpc) is 2.11. The second kappa shape index (κ2) is 6.02. The highest BCUT2D eigenvalue weighted by molar-refractivity contribution is 5.74. The third kappa shape index (κ3) is 3.66. The Bertz CT molecular complexity index is 180. The zero-order valence-electron chi connectivity index (χ0n) is 9.55. The minimum absolute atomic E-state index is 0.253. The topological polar surface area (TPSA) is 63.3 Å². The highest BCUT2D eigenvalue weighted by Gasteiger charge is 2.35. The van der Waals surface area contributed by atoms with Crippen LogP contribution >= 0.6 is 0 Å². The SMILES string of the molecule is CCCC(CN)(CCC(C)C)C(=O)O. The number of carboxylic acids is 1. The summed E-state index contributed by atoms with van der Waals surface area (Å²) in [7, 11) is 0. The molecule has 0 radical (unpaired) electrons. The van der Waals surface area contributed by atoms with E-state index in [9.17, 15) is 9.90 Å². The minimum atomic E-state index is -0.734. The number of rotatable bonds is 7. The molecule has 1 atom stereocenters. The summed E-state index contributed by atoms with van der Waals surface area (Å²) in [5, 5.41) is 9.19. The van der Waals surface area contributed by atoms with Crippen LogP contribution in [0.4, 0.5) is 0 Å². The van der Waals surface area contributed by atoms with Crippen molar-refractivity contribution in [1.29, 1.82) is 0 Å². The molecule has 1 unspecified atom stereocenters. The Kier molecular flexibility index (Phi) is 5.77. The predicted molar refractivity (Wildman–Crippen MR) is 58.1 cm³/mol. The van der Waals surface area contributed by atoms with Gasteiger partial charge in [-0.15, -0.1) is 0 Å². The van der Waals surface area contributed by atoms with Crippen LogP contribution < -0.4 is 5.73 Å². The summed E-state index contributed by atoms with van der Waals surface area (Å²) in [5.74, 6) is -0.195. The molecule has 3 heteroatoms. The van der Waals surface area contributed by atoms with Gasteiger partial charge >= 0.3 is 5.97 Å². The normalized spacial score (nSPS) is 15.5. The van der Waals surface area contributed by atoms with Gasteiger partial charge in [0.05, 0.1) is 5.41 Å². The Labute approximate surface area is 86.7 Å². The van der Waals surface area contributed by atoms with Gasteiger partial charge in [-0.2, -0.15) is 0 Å². The van der Waals surface area contributed by atoms with E-state index in [1.807, 2.05) is 6.92 Å². The summed E-state index contributed by atoms with van der Waals surface area (Å²) in [5.41, 5.74) is 4.92. The Morgan fingerprint density at radius 2 is 2.00 bits per heavy atom. The lowest BCUT2D eigenvalue weighted by molar-refractivity contribution is -0.149. The number of aliphatic carboxylic acids is 1. The Morgan fingerprint density at radius 1 is 1.43 bits per heavy atom. The molecule has 0 saturated heterocycles. The minimum Gasteiger partial charge on any atom is -0.481 e. The fourth-order valence-corrected chi connectivity index (χ4v) is 1.67. The maximum Gasteiger partial charge on any atom is 0.310 e. The van der Waals surface area contributed by atoms with Crippen LogP contribution in [0.3, 0.4) is 0 Å². The van der Waals surface area contributed by atoms with Crippen molar-refractivity contribution in [3.63, 3.8) is 0 Å². The predicted octanol–water partition coefficient (Wildman–Crippen LogP) is 2.25. The molecule has 0 spiro atoms. The average molecular weight is 201 g/mol. The van der Waals surface area contributed by atoms with Crippen molar-refractivity contribution in [2.24, 2.45) is 17.1 Å². The molecule has 0 aliphatic heterocycles. The first-order valence-electron chi connectivity index (χ1n) is 5.42. The summed E-state index contributed by atoms with van der Waals surface area (Å²) >= 11 is 0. The molecule has 0 aliphatic carbocycles. The van der Waals surface area contributed by atoms with Gasteiger partial charge in [0.1, 0.15) is 0 Å². The van der Waals surface area contributed by atoms with Crippen LogP contribution in [-0.4, -0.2) is 17.6 Å². The molecule has 0 saturated carbocycles. The van der Waals surface area contributed by atoms with Gasteiger partial charge in [0, 0.05) is 6.54 Å². The lowest BCUT2D eigenvalue weighted by Crippen LogP contribution is -2.38. The summed E-state index contributed by atoms with van der Waals surface area (Å²) in [4.78, 5) is 11.2. The van der Waals surface area contributed by atoms with E-state index < -0.39 is 11.4 Å².